The summed E-state index contributed by atoms with van der Waals surface area (Å²) < 4.78 is 1.88. The van der Waals surface area contributed by atoms with E-state index in [0.29, 0.717) is 0 Å². The quantitative estimate of drug-likeness (QED) is 0.821. The molecule has 86 valence electrons. The monoisotopic (exact) mass is 211 g/mol. The molecule has 0 saturated heterocycles. The van der Waals surface area contributed by atoms with E-state index in [1.54, 1.807) is 6.33 Å². The van der Waals surface area contributed by atoms with Crippen LogP contribution in [0.3, 0.4) is 0 Å². The maximum absolute atomic E-state index is 9.37. The van der Waals surface area contributed by atoms with Gasteiger partial charge in [-0.1, -0.05) is 20.8 Å². The van der Waals surface area contributed by atoms with Crippen molar-refractivity contribution in [2.45, 2.75) is 40.7 Å². The van der Waals surface area contributed by atoms with Crippen LogP contribution in [-0.4, -0.2) is 26.5 Å². The van der Waals surface area contributed by atoms with Crippen LogP contribution >= 0.6 is 0 Å². The van der Waals surface area contributed by atoms with Gasteiger partial charge in [0.25, 0.3) is 0 Å². The molecule has 15 heavy (non-hydrogen) atoms. The molecule has 1 N–H and O–H groups in total. The van der Waals surface area contributed by atoms with E-state index in [1.165, 1.54) is 0 Å². The second-order valence-corrected chi connectivity index (χ2v) is 4.94. The summed E-state index contributed by atoms with van der Waals surface area (Å²) >= 11 is 0. The Labute approximate surface area is 91.3 Å². The first-order chi connectivity index (χ1) is 6.99. The van der Waals surface area contributed by atoms with Crippen molar-refractivity contribution in [3.63, 3.8) is 0 Å². The summed E-state index contributed by atoms with van der Waals surface area (Å²) in [6, 6.07) is 0. The lowest BCUT2D eigenvalue weighted by molar-refractivity contribution is 0.128. The predicted molar refractivity (Wildman–Crippen MR) is 59.4 cm³/mol. The maximum atomic E-state index is 9.37. The van der Waals surface area contributed by atoms with Gasteiger partial charge in [-0.05, 0) is 18.3 Å². The van der Waals surface area contributed by atoms with Crippen molar-refractivity contribution in [2.75, 3.05) is 6.61 Å². The summed E-state index contributed by atoms with van der Waals surface area (Å²) in [5, 5.41) is 13.5. The summed E-state index contributed by atoms with van der Waals surface area (Å²) in [4.78, 5) is 4.23. The minimum absolute atomic E-state index is 0.0965. The zero-order chi connectivity index (χ0) is 11.5. The molecule has 0 saturated carbocycles. The fraction of sp³-hybridized carbons (Fsp3) is 0.818. The summed E-state index contributed by atoms with van der Waals surface area (Å²) in [6.45, 7) is 9.49. The minimum atomic E-state index is 0.0965. The lowest BCUT2D eigenvalue weighted by atomic mass is 9.79. The second-order valence-electron chi connectivity index (χ2n) is 4.94. The molecule has 0 aliphatic carbocycles. The van der Waals surface area contributed by atoms with E-state index < -0.39 is 0 Å². The number of aromatic nitrogens is 3. The van der Waals surface area contributed by atoms with Crippen molar-refractivity contribution in [1.29, 1.82) is 0 Å². The Hall–Kier alpha value is -0.900. The summed E-state index contributed by atoms with van der Waals surface area (Å²) in [5.74, 6) is 1.19. The molecule has 0 amide bonds. The molecular formula is C11H21N3O. The number of rotatable bonds is 4. The average molecular weight is 211 g/mol. The largest absolute Gasteiger partial charge is 0.396 e. The Morgan fingerprint density at radius 1 is 1.47 bits per heavy atom. The van der Waals surface area contributed by atoms with Gasteiger partial charge in [-0.3, -0.25) is 4.68 Å². The van der Waals surface area contributed by atoms with Gasteiger partial charge in [0.1, 0.15) is 12.2 Å². The lowest BCUT2D eigenvalue weighted by Crippen LogP contribution is -2.27. The van der Waals surface area contributed by atoms with Gasteiger partial charge in [0.15, 0.2) is 0 Å². The molecule has 1 aromatic rings. The highest BCUT2D eigenvalue weighted by Crippen LogP contribution is 2.27. The molecule has 1 heterocycles. The fourth-order valence-corrected chi connectivity index (χ4v) is 1.58. The molecule has 1 atom stereocenters. The fourth-order valence-electron chi connectivity index (χ4n) is 1.58. The number of hydrogen-bond acceptors (Lipinski definition) is 3. The van der Waals surface area contributed by atoms with Crippen LogP contribution in [0.25, 0.3) is 0 Å². The predicted octanol–water partition coefficient (Wildman–Crippen LogP) is 1.50. The Morgan fingerprint density at radius 2 is 2.13 bits per heavy atom. The van der Waals surface area contributed by atoms with Crippen molar-refractivity contribution in [2.24, 2.45) is 11.3 Å². The molecule has 0 bridgehead atoms. The zero-order valence-electron chi connectivity index (χ0n) is 10.1. The second kappa shape index (κ2) is 4.75. The highest BCUT2D eigenvalue weighted by Gasteiger charge is 2.25. The molecular weight excluding hydrogens is 190 g/mol. The van der Waals surface area contributed by atoms with E-state index in [0.717, 1.165) is 18.8 Å². The van der Waals surface area contributed by atoms with Crippen LogP contribution in [0.2, 0.25) is 0 Å². The molecule has 4 heteroatoms. The van der Waals surface area contributed by atoms with Crippen LogP contribution in [0.5, 0.6) is 0 Å². The van der Waals surface area contributed by atoms with Crippen LogP contribution in [0, 0.1) is 11.3 Å². The maximum Gasteiger partial charge on any atom is 0.138 e. The van der Waals surface area contributed by atoms with Crippen molar-refractivity contribution in [3.8, 4) is 0 Å². The molecule has 0 aromatic carbocycles. The number of hydrogen-bond donors (Lipinski definition) is 1. The summed E-state index contributed by atoms with van der Waals surface area (Å²) in [7, 11) is 0. The lowest BCUT2D eigenvalue weighted by Gasteiger charge is -2.28. The third-order valence-corrected chi connectivity index (χ3v) is 2.87. The van der Waals surface area contributed by atoms with Gasteiger partial charge >= 0.3 is 0 Å². The van der Waals surface area contributed by atoms with Crippen molar-refractivity contribution in [1.82, 2.24) is 14.8 Å². The highest BCUT2D eigenvalue weighted by molar-refractivity contribution is 4.90. The van der Waals surface area contributed by atoms with E-state index in [2.05, 4.69) is 30.9 Å². The van der Waals surface area contributed by atoms with E-state index in [-0.39, 0.29) is 17.9 Å². The van der Waals surface area contributed by atoms with Gasteiger partial charge in [0, 0.05) is 19.6 Å². The van der Waals surface area contributed by atoms with Crippen LogP contribution in [-0.2, 0) is 13.0 Å². The first-order valence-corrected chi connectivity index (χ1v) is 5.46. The van der Waals surface area contributed by atoms with Crippen LogP contribution in [0.1, 0.15) is 33.5 Å². The topological polar surface area (TPSA) is 50.9 Å². The third kappa shape index (κ3) is 3.02. The van der Waals surface area contributed by atoms with Crippen LogP contribution < -0.4 is 0 Å². The third-order valence-electron chi connectivity index (χ3n) is 2.87. The molecule has 0 radical (unpaired) electrons. The molecule has 1 aromatic heterocycles. The van der Waals surface area contributed by atoms with Crippen molar-refractivity contribution < 1.29 is 5.11 Å². The van der Waals surface area contributed by atoms with Gasteiger partial charge < -0.3 is 5.11 Å². The molecule has 0 aliphatic heterocycles. The minimum Gasteiger partial charge on any atom is -0.396 e. The normalized spacial score (nSPS) is 14.2. The molecule has 1 unspecified atom stereocenters. The number of nitrogens with zero attached hydrogens (tertiary/aromatic N) is 3. The van der Waals surface area contributed by atoms with E-state index >= 15 is 0 Å². The van der Waals surface area contributed by atoms with E-state index in [1.807, 2.05) is 11.6 Å². The average Bonchev–Trinajstić information content (AvgIpc) is 2.59. The highest BCUT2D eigenvalue weighted by atomic mass is 16.3. The smallest absolute Gasteiger partial charge is 0.138 e. The molecule has 0 spiro atoms. The van der Waals surface area contributed by atoms with Gasteiger partial charge in [0.2, 0.25) is 0 Å². The Balaban J connectivity index is 2.75. The van der Waals surface area contributed by atoms with Gasteiger partial charge in [0.05, 0.1) is 0 Å². The summed E-state index contributed by atoms with van der Waals surface area (Å²) in [5.41, 5.74) is 0.0965. The standard InChI is InChI=1S/C11H21N3O/c1-5-14-10(12-8-13-14)6-9(7-15)11(2,3)4/h8-9,15H,5-7H2,1-4H3. The van der Waals surface area contributed by atoms with Gasteiger partial charge in [-0.15, -0.1) is 0 Å². The van der Waals surface area contributed by atoms with Crippen LogP contribution in [0.4, 0.5) is 0 Å². The number of aliphatic hydroxyl groups is 1. The number of aliphatic hydroxyl groups excluding tert-OH is 1. The Morgan fingerprint density at radius 3 is 2.60 bits per heavy atom. The Bertz CT molecular complexity index is 301. The van der Waals surface area contributed by atoms with Crippen molar-refractivity contribution in [3.05, 3.63) is 12.2 Å². The SMILES string of the molecule is CCn1ncnc1CC(CO)C(C)(C)C. The zero-order valence-corrected chi connectivity index (χ0v) is 10.1. The Kier molecular flexibility index (Phi) is 3.85. The van der Waals surface area contributed by atoms with Gasteiger partial charge in [-0.25, -0.2) is 4.98 Å². The number of aryl methyl sites for hydroxylation is 1. The van der Waals surface area contributed by atoms with E-state index in [4.69, 9.17) is 0 Å². The molecule has 0 aliphatic rings. The molecule has 1 rings (SSSR count). The van der Waals surface area contributed by atoms with Crippen LogP contribution in [0.15, 0.2) is 6.33 Å². The first-order valence-electron chi connectivity index (χ1n) is 5.46. The van der Waals surface area contributed by atoms with Crippen molar-refractivity contribution >= 4 is 0 Å². The molecule has 0 fully saturated rings. The summed E-state index contributed by atoms with van der Waals surface area (Å²) in [6.07, 6.45) is 2.36. The van der Waals surface area contributed by atoms with E-state index in [9.17, 15) is 5.11 Å². The van der Waals surface area contributed by atoms with Gasteiger partial charge in [-0.2, -0.15) is 5.10 Å². The first kappa shape index (κ1) is 12.2. The molecule has 4 nitrogen and oxygen atoms in total.